The van der Waals surface area contributed by atoms with E-state index in [0.717, 1.165) is 13.0 Å². The second kappa shape index (κ2) is 7.39. The third-order valence-electron chi connectivity index (χ3n) is 1.44. The Morgan fingerprint density at radius 1 is 1.27 bits per heavy atom. The van der Waals surface area contributed by atoms with Crippen LogP contribution in [0.2, 0.25) is 0 Å². The molecule has 0 N–H and O–H groups in total. The molecule has 0 unspecified atom stereocenters. The molecule has 1 heteroatoms. The van der Waals surface area contributed by atoms with Crippen LogP contribution in [0.1, 0.15) is 26.7 Å². The summed E-state index contributed by atoms with van der Waals surface area (Å²) in [5, 5.41) is 0. The van der Waals surface area contributed by atoms with Crippen LogP contribution in [0, 0.1) is 0 Å². The summed E-state index contributed by atoms with van der Waals surface area (Å²) < 4.78 is 0. The molecule has 64 valence electrons. The molecule has 1 nitrogen and oxygen atoms in total. The van der Waals surface area contributed by atoms with Gasteiger partial charge in [-0.15, -0.1) is 0 Å². The SMILES string of the molecule is CC=CCC=CN(C)CCC. The van der Waals surface area contributed by atoms with Gasteiger partial charge in [-0.3, -0.25) is 0 Å². The van der Waals surface area contributed by atoms with Crippen LogP contribution in [0.5, 0.6) is 0 Å². The van der Waals surface area contributed by atoms with Crippen LogP contribution in [0.25, 0.3) is 0 Å². The molecular weight excluding hydrogens is 134 g/mol. The van der Waals surface area contributed by atoms with Crippen LogP contribution < -0.4 is 0 Å². The summed E-state index contributed by atoms with van der Waals surface area (Å²) in [7, 11) is 2.11. The minimum absolute atomic E-state index is 1.05. The highest BCUT2D eigenvalue weighted by Gasteiger charge is 1.84. The van der Waals surface area contributed by atoms with Crippen molar-refractivity contribution in [2.75, 3.05) is 13.6 Å². The summed E-state index contributed by atoms with van der Waals surface area (Å²) in [6.07, 6.45) is 10.8. The van der Waals surface area contributed by atoms with E-state index in [4.69, 9.17) is 0 Å². The normalized spacial score (nSPS) is 11.5. The van der Waals surface area contributed by atoms with Gasteiger partial charge in [-0.2, -0.15) is 0 Å². The Balaban J connectivity index is 3.39. The monoisotopic (exact) mass is 153 g/mol. The molecule has 0 fully saturated rings. The highest BCUT2D eigenvalue weighted by molar-refractivity contribution is 4.90. The minimum atomic E-state index is 1.05. The van der Waals surface area contributed by atoms with Crippen molar-refractivity contribution in [1.82, 2.24) is 4.90 Å². The van der Waals surface area contributed by atoms with Gasteiger partial charge >= 0.3 is 0 Å². The molecule has 0 saturated carbocycles. The first kappa shape index (κ1) is 10.3. The third kappa shape index (κ3) is 7.17. The van der Waals surface area contributed by atoms with E-state index in [9.17, 15) is 0 Å². The zero-order chi connectivity index (χ0) is 8.53. The smallest absolute Gasteiger partial charge is 0.0166 e. The van der Waals surface area contributed by atoms with Gasteiger partial charge in [0.25, 0.3) is 0 Å². The molecule has 11 heavy (non-hydrogen) atoms. The fourth-order valence-electron chi connectivity index (χ4n) is 0.883. The molecule has 0 aromatic rings. The van der Waals surface area contributed by atoms with Gasteiger partial charge in [0.05, 0.1) is 0 Å². The first-order chi connectivity index (χ1) is 5.31. The molecule has 0 aliphatic carbocycles. The summed E-state index contributed by atoms with van der Waals surface area (Å²) in [5.41, 5.74) is 0. The predicted octanol–water partition coefficient (Wildman–Crippen LogP) is 2.81. The summed E-state index contributed by atoms with van der Waals surface area (Å²) >= 11 is 0. The summed E-state index contributed by atoms with van der Waals surface area (Å²) in [6, 6.07) is 0. The van der Waals surface area contributed by atoms with Crippen LogP contribution in [-0.4, -0.2) is 18.5 Å². The highest BCUT2D eigenvalue weighted by Crippen LogP contribution is 1.90. The Labute approximate surface area is 70.4 Å². The number of allylic oxidation sites excluding steroid dienone is 3. The largest absolute Gasteiger partial charge is 0.381 e. The zero-order valence-corrected chi connectivity index (χ0v) is 7.88. The quantitative estimate of drug-likeness (QED) is 0.549. The Kier molecular flexibility index (Phi) is 6.90. The Morgan fingerprint density at radius 2 is 2.00 bits per heavy atom. The van der Waals surface area contributed by atoms with Crippen LogP contribution in [0.4, 0.5) is 0 Å². The molecule has 0 radical (unpaired) electrons. The van der Waals surface area contributed by atoms with Crippen molar-refractivity contribution in [3.05, 3.63) is 24.4 Å². The maximum atomic E-state index is 2.21. The third-order valence-corrected chi connectivity index (χ3v) is 1.44. The Bertz CT molecular complexity index is 125. The molecule has 0 saturated heterocycles. The van der Waals surface area contributed by atoms with Crippen molar-refractivity contribution in [3.63, 3.8) is 0 Å². The molecule has 0 bridgehead atoms. The van der Waals surface area contributed by atoms with Gasteiger partial charge in [0.15, 0.2) is 0 Å². The lowest BCUT2D eigenvalue weighted by Crippen LogP contribution is -2.10. The van der Waals surface area contributed by atoms with Crippen molar-refractivity contribution in [2.45, 2.75) is 26.7 Å². The zero-order valence-electron chi connectivity index (χ0n) is 7.88. The molecule has 0 aromatic heterocycles. The van der Waals surface area contributed by atoms with Crippen molar-refractivity contribution in [2.24, 2.45) is 0 Å². The van der Waals surface area contributed by atoms with Crippen LogP contribution >= 0.6 is 0 Å². The van der Waals surface area contributed by atoms with E-state index in [0.29, 0.717) is 0 Å². The molecule has 0 aliphatic heterocycles. The second-order valence-electron chi connectivity index (χ2n) is 2.67. The Hall–Kier alpha value is -0.720. The Morgan fingerprint density at radius 3 is 2.55 bits per heavy atom. The first-order valence-electron chi connectivity index (χ1n) is 4.29. The number of nitrogens with zero attached hydrogens (tertiary/aromatic N) is 1. The number of hydrogen-bond donors (Lipinski definition) is 0. The van der Waals surface area contributed by atoms with E-state index >= 15 is 0 Å². The van der Waals surface area contributed by atoms with Gasteiger partial charge in [-0.1, -0.05) is 25.2 Å². The van der Waals surface area contributed by atoms with Crippen LogP contribution in [0.15, 0.2) is 24.4 Å². The maximum absolute atomic E-state index is 2.21. The molecular formula is C10H19N. The topological polar surface area (TPSA) is 3.24 Å². The molecule has 0 spiro atoms. The molecule has 0 amide bonds. The highest BCUT2D eigenvalue weighted by atomic mass is 15.1. The predicted molar refractivity (Wildman–Crippen MR) is 51.5 cm³/mol. The van der Waals surface area contributed by atoms with Gasteiger partial charge < -0.3 is 4.90 Å². The molecule has 0 heterocycles. The number of rotatable bonds is 5. The summed E-state index contributed by atoms with van der Waals surface area (Å²) in [6.45, 7) is 5.38. The van der Waals surface area contributed by atoms with Crippen molar-refractivity contribution < 1.29 is 0 Å². The van der Waals surface area contributed by atoms with Crippen LogP contribution in [-0.2, 0) is 0 Å². The van der Waals surface area contributed by atoms with E-state index in [1.165, 1.54) is 6.42 Å². The lowest BCUT2D eigenvalue weighted by Gasteiger charge is -2.10. The van der Waals surface area contributed by atoms with E-state index in [1.807, 2.05) is 6.92 Å². The molecule has 0 aliphatic rings. The van der Waals surface area contributed by atoms with Crippen LogP contribution in [0.3, 0.4) is 0 Å². The van der Waals surface area contributed by atoms with E-state index in [1.54, 1.807) is 0 Å². The fraction of sp³-hybridized carbons (Fsp3) is 0.600. The minimum Gasteiger partial charge on any atom is -0.381 e. The van der Waals surface area contributed by atoms with Gasteiger partial charge in [0, 0.05) is 13.6 Å². The van der Waals surface area contributed by atoms with E-state index < -0.39 is 0 Å². The molecule has 0 atom stereocenters. The van der Waals surface area contributed by atoms with Crippen molar-refractivity contribution in [1.29, 1.82) is 0 Å². The van der Waals surface area contributed by atoms with E-state index in [-0.39, 0.29) is 0 Å². The average molecular weight is 153 g/mol. The van der Waals surface area contributed by atoms with Gasteiger partial charge in [0.2, 0.25) is 0 Å². The van der Waals surface area contributed by atoms with Crippen molar-refractivity contribution >= 4 is 0 Å². The first-order valence-corrected chi connectivity index (χ1v) is 4.29. The second-order valence-corrected chi connectivity index (χ2v) is 2.67. The fourth-order valence-corrected chi connectivity index (χ4v) is 0.883. The average Bonchev–Trinajstić information content (AvgIpc) is 1.99. The van der Waals surface area contributed by atoms with Crippen molar-refractivity contribution in [3.8, 4) is 0 Å². The maximum Gasteiger partial charge on any atom is 0.0166 e. The molecule has 0 rings (SSSR count). The van der Waals surface area contributed by atoms with Gasteiger partial charge in [-0.25, -0.2) is 0 Å². The lowest BCUT2D eigenvalue weighted by atomic mass is 10.3. The summed E-state index contributed by atoms with van der Waals surface area (Å²) in [4.78, 5) is 2.21. The van der Waals surface area contributed by atoms with Gasteiger partial charge in [-0.05, 0) is 26.0 Å². The standard InChI is InChI=1S/C10H19N/c1-4-6-7-8-10-11(3)9-5-2/h4,6,8,10H,5,7,9H2,1-3H3. The van der Waals surface area contributed by atoms with E-state index in [2.05, 4.69) is 43.3 Å². The molecule has 0 aromatic carbocycles. The summed E-state index contributed by atoms with van der Waals surface area (Å²) in [5.74, 6) is 0. The number of hydrogen-bond acceptors (Lipinski definition) is 1. The lowest BCUT2D eigenvalue weighted by molar-refractivity contribution is 0.453. The van der Waals surface area contributed by atoms with Gasteiger partial charge in [0.1, 0.15) is 0 Å².